The van der Waals surface area contributed by atoms with Crippen LogP contribution in [-0.2, 0) is 30.8 Å². The summed E-state index contributed by atoms with van der Waals surface area (Å²) < 4.78 is 2.18. The molecule has 3 saturated heterocycles. The third-order valence-corrected chi connectivity index (χ3v) is 11.7. The molecule has 0 spiro atoms. The highest BCUT2D eigenvalue weighted by Crippen LogP contribution is 2.36. The highest BCUT2D eigenvalue weighted by Gasteiger charge is 2.31. The maximum atomic E-state index is 12.2. The molecule has 0 aliphatic carbocycles. The second kappa shape index (κ2) is 14.6. The number of thioether (sulfide) groups is 1. The number of carbonyl (C=O) groups excluding carboxylic acids is 2. The van der Waals surface area contributed by atoms with Crippen LogP contribution in [0.2, 0.25) is 5.02 Å². The Bertz CT molecular complexity index is 1580. The van der Waals surface area contributed by atoms with E-state index in [1.165, 1.54) is 22.8 Å². The van der Waals surface area contributed by atoms with Crippen LogP contribution >= 0.6 is 23.4 Å². The molecule has 0 radical (unpaired) electrons. The zero-order chi connectivity index (χ0) is 32.3. The minimum Gasteiger partial charge on any atom is -0.351 e. The molecule has 2 aromatic carbocycles. The predicted octanol–water partition coefficient (Wildman–Crippen LogP) is 5.33. The van der Waals surface area contributed by atoms with Crippen molar-refractivity contribution < 1.29 is 9.59 Å². The summed E-state index contributed by atoms with van der Waals surface area (Å²) in [4.78, 5) is 33.2. The molecule has 11 heteroatoms. The summed E-state index contributed by atoms with van der Waals surface area (Å²) in [6, 6.07) is 14.9. The van der Waals surface area contributed by atoms with Gasteiger partial charge in [0, 0.05) is 110 Å². The maximum Gasteiger partial charge on any atom is 0.315 e. The summed E-state index contributed by atoms with van der Waals surface area (Å²) in [6.45, 7) is 9.24. The number of hydrogen-bond acceptors (Lipinski definition) is 6. The van der Waals surface area contributed by atoms with Crippen LogP contribution < -0.4 is 5.73 Å². The van der Waals surface area contributed by atoms with Crippen LogP contribution in [0.25, 0.3) is 22.4 Å². The van der Waals surface area contributed by atoms with Gasteiger partial charge in [-0.25, -0.2) is 4.79 Å². The molecule has 0 saturated carbocycles. The number of fused-ring (bicyclic) bond motifs is 1. The van der Waals surface area contributed by atoms with Crippen LogP contribution in [-0.4, -0.2) is 105 Å². The van der Waals surface area contributed by atoms with Gasteiger partial charge in [0.15, 0.2) is 0 Å². The molecule has 3 aromatic rings. The number of carbonyl (C=O) groups is 2. The van der Waals surface area contributed by atoms with Crippen molar-refractivity contribution in [2.75, 3.05) is 57.3 Å². The summed E-state index contributed by atoms with van der Waals surface area (Å²) in [6.07, 6.45) is 5.64. The van der Waals surface area contributed by atoms with Gasteiger partial charge in [0.1, 0.15) is 0 Å². The number of halogens is 1. The first-order chi connectivity index (χ1) is 22.9. The smallest absolute Gasteiger partial charge is 0.315 e. The van der Waals surface area contributed by atoms with E-state index < -0.39 is 0 Å². The molecule has 3 amide bonds. The number of nitrogens with two attached hydrogens (primary N) is 1. The van der Waals surface area contributed by atoms with Gasteiger partial charge in [-0.2, -0.15) is 16.9 Å². The van der Waals surface area contributed by atoms with Crippen molar-refractivity contribution in [2.24, 2.45) is 5.73 Å². The number of nitrogens with zero attached hydrogens (tertiary/aromatic N) is 6. The molecule has 4 aliphatic rings. The van der Waals surface area contributed by atoms with Crippen molar-refractivity contribution in [2.45, 2.75) is 64.2 Å². The molecule has 1 aromatic heterocycles. The topological polar surface area (TPSA) is 90.9 Å². The molecular formula is C36H46ClN7O2S. The standard InChI is InChI=1S/C36H46ClN7O2S/c37-32-9-8-28(35-31-25-42(36(38)46)18-12-33(31)44(39-35)15-2-13-40-19-21-47-22-20-40)23-30(32)27-6-4-26(5-7-27)24-41-16-10-29(11-17-41)43-14-1-3-34(43)45/h4-9,23,29H,1-3,10-22,24-25H2,(H2,38,46). The SMILES string of the molecule is NC(=O)N1CCc2c(c(-c3ccc(Cl)c(-c4ccc(CN5CCC(N6CCCC6=O)CC5)cc4)c3)nn2CCCN2CCSCC2)C1. The van der Waals surface area contributed by atoms with Gasteiger partial charge in [0.05, 0.1) is 12.2 Å². The largest absolute Gasteiger partial charge is 0.351 e. The van der Waals surface area contributed by atoms with Crippen molar-refractivity contribution in [3.8, 4) is 22.4 Å². The Morgan fingerprint density at radius 1 is 0.915 bits per heavy atom. The van der Waals surface area contributed by atoms with Gasteiger partial charge in [-0.3, -0.25) is 14.4 Å². The molecule has 4 aliphatic heterocycles. The Morgan fingerprint density at radius 3 is 2.40 bits per heavy atom. The van der Waals surface area contributed by atoms with E-state index in [4.69, 9.17) is 22.4 Å². The molecule has 5 heterocycles. The molecule has 3 fully saturated rings. The number of piperidine rings is 1. The highest BCUT2D eigenvalue weighted by atomic mass is 35.5. The van der Waals surface area contributed by atoms with E-state index in [2.05, 4.69) is 49.7 Å². The van der Waals surface area contributed by atoms with E-state index in [-0.39, 0.29) is 6.03 Å². The van der Waals surface area contributed by atoms with Crippen molar-refractivity contribution in [3.63, 3.8) is 0 Å². The Morgan fingerprint density at radius 2 is 1.68 bits per heavy atom. The molecule has 47 heavy (non-hydrogen) atoms. The van der Waals surface area contributed by atoms with Crippen molar-refractivity contribution in [1.82, 2.24) is 29.4 Å². The number of hydrogen-bond donors (Lipinski definition) is 1. The lowest BCUT2D eigenvalue weighted by Crippen LogP contribution is -2.45. The summed E-state index contributed by atoms with van der Waals surface area (Å²) in [5.41, 5.74) is 13.3. The fourth-order valence-electron chi connectivity index (χ4n) is 7.75. The van der Waals surface area contributed by atoms with Crippen LogP contribution in [0.15, 0.2) is 42.5 Å². The van der Waals surface area contributed by atoms with Crippen LogP contribution in [0.5, 0.6) is 0 Å². The third kappa shape index (κ3) is 7.36. The zero-order valence-corrected chi connectivity index (χ0v) is 28.8. The fourth-order valence-corrected chi connectivity index (χ4v) is 8.96. The average molecular weight is 676 g/mol. The second-order valence-corrected chi connectivity index (χ2v) is 15.0. The molecule has 0 bridgehead atoms. The molecule has 2 N–H and O–H groups in total. The number of aromatic nitrogens is 2. The first kappa shape index (κ1) is 32.5. The molecule has 7 rings (SSSR count). The average Bonchev–Trinajstić information content (AvgIpc) is 3.69. The molecule has 0 atom stereocenters. The van der Waals surface area contributed by atoms with Gasteiger partial charge < -0.3 is 20.4 Å². The Kier molecular flexibility index (Phi) is 10.1. The summed E-state index contributed by atoms with van der Waals surface area (Å²) in [5, 5.41) is 5.86. The van der Waals surface area contributed by atoms with E-state index in [0.29, 0.717) is 30.1 Å². The zero-order valence-electron chi connectivity index (χ0n) is 27.2. The Balaban J connectivity index is 1.06. The van der Waals surface area contributed by atoms with Crippen LogP contribution in [0, 0.1) is 0 Å². The number of likely N-dealkylation sites (tertiary alicyclic amines) is 2. The Hall–Kier alpha value is -3.05. The number of amides is 3. The number of aryl methyl sites for hydroxylation is 1. The molecular weight excluding hydrogens is 630 g/mol. The van der Waals surface area contributed by atoms with Crippen LogP contribution in [0.4, 0.5) is 4.79 Å². The number of rotatable bonds is 9. The highest BCUT2D eigenvalue weighted by molar-refractivity contribution is 7.99. The first-order valence-electron chi connectivity index (χ1n) is 17.3. The number of benzene rings is 2. The lowest BCUT2D eigenvalue weighted by atomic mass is 9.97. The van der Waals surface area contributed by atoms with Crippen molar-refractivity contribution >= 4 is 35.3 Å². The van der Waals surface area contributed by atoms with Gasteiger partial charge in [-0.15, -0.1) is 0 Å². The Labute approximate surface area is 287 Å². The van der Waals surface area contributed by atoms with Crippen LogP contribution in [0.1, 0.15) is 48.9 Å². The van der Waals surface area contributed by atoms with Gasteiger partial charge in [0.25, 0.3) is 0 Å². The quantitative estimate of drug-likeness (QED) is 0.330. The minimum atomic E-state index is -0.389. The van der Waals surface area contributed by atoms with Crippen molar-refractivity contribution in [1.29, 1.82) is 0 Å². The van der Waals surface area contributed by atoms with Gasteiger partial charge in [0.2, 0.25) is 5.91 Å². The lowest BCUT2D eigenvalue weighted by molar-refractivity contribution is -0.130. The minimum absolute atomic E-state index is 0.338. The van der Waals surface area contributed by atoms with Crippen LogP contribution in [0.3, 0.4) is 0 Å². The van der Waals surface area contributed by atoms with E-state index in [9.17, 15) is 9.59 Å². The number of primary amides is 1. The monoisotopic (exact) mass is 675 g/mol. The van der Waals surface area contributed by atoms with E-state index >= 15 is 0 Å². The normalized spacial score (nSPS) is 19.8. The predicted molar refractivity (Wildman–Crippen MR) is 189 cm³/mol. The molecule has 9 nitrogen and oxygen atoms in total. The third-order valence-electron chi connectivity index (χ3n) is 10.4. The summed E-state index contributed by atoms with van der Waals surface area (Å²) >= 11 is 8.85. The van der Waals surface area contributed by atoms with Gasteiger partial charge in [-0.1, -0.05) is 41.9 Å². The molecule has 250 valence electrons. The van der Waals surface area contributed by atoms with Gasteiger partial charge >= 0.3 is 6.03 Å². The maximum absolute atomic E-state index is 12.2. The summed E-state index contributed by atoms with van der Waals surface area (Å²) in [5.74, 6) is 2.77. The fraction of sp³-hybridized carbons (Fsp3) is 0.528. The van der Waals surface area contributed by atoms with E-state index in [0.717, 1.165) is 119 Å². The van der Waals surface area contributed by atoms with E-state index in [1.54, 1.807) is 4.90 Å². The summed E-state index contributed by atoms with van der Waals surface area (Å²) in [7, 11) is 0. The van der Waals surface area contributed by atoms with E-state index in [1.807, 2.05) is 23.9 Å². The first-order valence-corrected chi connectivity index (χ1v) is 18.8. The molecule has 0 unspecified atom stereocenters. The van der Waals surface area contributed by atoms with Crippen molar-refractivity contribution in [3.05, 3.63) is 64.3 Å². The lowest BCUT2D eigenvalue weighted by Gasteiger charge is -2.36. The number of urea groups is 1. The second-order valence-electron chi connectivity index (χ2n) is 13.4. The van der Waals surface area contributed by atoms with Gasteiger partial charge in [-0.05, 0) is 55.5 Å².